The van der Waals surface area contributed by atoms with Crippen LogP contribution in [-0.2, 0) is 15.6 Å². The minimum atomic E-state index is -1.13. The minimum Gasteiger partial charge on any atom is -0.480 e. The fraction of sp³-hybridized carbons (Fsp3) is 0.800. The normalized spacial score (nSPS) is 14.8. The van der Waals surface area contributed by atoms with E-state index in [9.17, 15) is 13.8 Å². The Hall–Kier alpha value is -1.11. The summed E-state index contributed by atoms with van der Waals surface area (Å²) in [6.45, 7) is 5.39. The van der Waals surface area contributed by atoms with Gasteiger partial charge >= 0.3 is 12.0 Å². The molecular weight excluding hydrogens is 244 g/mol. The van der Waals surface area contributed by atoms with Gasteiger partial charge in [-0.05, 0) is 27.2 Å². The first-order valence-corrected chi connectivity index (χ1v) is 6.96. The third kappa shape index (κ3) is 8.67. The molecule has 2 unspecified atom stereocenters. The summed E-state index contributed by atoms with van der Waals surface area (Å²) in [4.78, 5) is 22.3. The van der Waals surface area contributed by atoms with Gasteiger partial charge in [-0.25, -0.2) is 9.59 Å². The number of urea groups is 1. The van der Waals surface area contributed by atoms with Gasteiger partial charge in [0, 0.05) is 28.3 Å². The SMILES string of the molecule is CS(=O)CCC(NC(=O)NC(C)(C)C)C(=O)O. The van der Waals surface area contributed by atoms with Crippen molar-refractivity contribution in [1.29, 1.82) is 0 Å². The van der Waals surface area contributed by atoms with E-state index in [2.05, 4.69) is 10.6 Å². The second kappa shape index (κ2) is 6.58. The number of hydrogen-bond acceptors (Lipinski definition) is 3. The summed E-state index contributed by atoms with van der Waals surface area (Å²) < 4.78 is 10.9. The van der Waals surface area contributed by atoms with Gasteiger partial charge in [0.2, 0.25) is 0 Å². The van der Waals surface area contributed by atoms with Crippen molar-refractivity contribution in [2.75, 3.05) is 12.0 Å². The zero-order valence-corrected chi connectivity index (χ0v) is 11.4. The van der Waals surface area contributed by atoms with Gasteiger partial charge in [-0.15, -0.1) is 0 Å². The monoisotopic (exact) mass is 264 g/mol. The van der Waals surface area contributed by atoms with Crippen LogP contribution >= 0.6 is 0 Å². The fourth-order valence-corrected chi connectivity index (χ4v) is 1.64. The minimum absolute atomic E-state index is 0.149. The average Bonchev–Trinajstić information content (AvgIpc) is 2.08. The number of hydrogen-bond donors (Lipinski definition) is 3. The quantitative estimate of drug-likeness (QED) is 0.665. The van der Waals surface area contributed by atoms with Crippen LogP contribution in [0, 0.1) is 0 Å². The summed E-state index contributed by atoms with van der Waals surface area (Å²) in [5, 5.41) is 13.8. The Balaban J connectivity index is 4.30. The summed E-state index contributed by atoms with van der Waals surface area (Å²) >= 11 is 0. The Kier molecular flexibility index (Phi) is 6.15. The summed E-state index contributed by atoms with van der Waals surface area (Å²) in [5.41, 5.74) is -0.430. The predicted molar refractivity (Wildman–Crippen MR) is 66.4 cm³/mol. The van der Waals surface area contributed by atoms with Crippen LogP contribution < -0.4 is 10.6 Å². The summed E-state index contributed by atoms with van der Waals surface area (Å²) in [7, 11) is -1.07. The molecule has 2 atom stereocenters. The van der Waals surface area contributed by atoms with E-state index >= 15 is 0 Å². The number of rotatable bonds is 5. The number of amides is 2. The molecule has 0 aliphatic rings. The van der Waals surface area contributed by atoms with Gasteiger partial charge in [0.25, 0.3) is 0 Å². The van der Waals surface area contributed by atoms with Crippen LogP contribution in [0.3, 0.4) is 0 Å². The third-order valence-corrected chi connectivity index (χ3v) is 2.60. The van der Waals surface area contributed by atoms with Crippen LogP contribution in [0.5, 0.6) is 0 Å². The van der Waals surface area contributed by atoms with E-state index in [1.54, 1.807) is 20.8 Å². The molecule has 7 heteroatoms. The van der Waals surface area contributed by atoms with Crippen molar-refractivity contribution >= 4 is 22.8 Å². The third-order valence-electron chi connectivity index (χ3n) is 1.79. The first-order chi connectivity index (χ1) is 7.61. The maximum atomic E-state index is 11.5. The Morgan fingerprint density at radius 3 is 2.24 bits per heavy atom. The van der Waals surface area contributed by atoms with Crippen molar-refractivity contribution < 1.29 is 18.9 Å². The van der Waals surface area contributed by atoms with Crippen molar-refractivity contribution in [1.82, 2.24) is 10.6 Å². The van der Waals surface area contributed by atoms with Gasteiger partial charge in [0.05, 0.1) is 0 Å². The number of carboxylic acids is 1. The topological polar surface area (TPSA) is 95.5 Å². The fourth-order valence-electron chi connectivity index (χ4n) is 1.08. The van der Waals surface area contributed by atoms with E-state index in [4.69, 9.17) is 5.11 Å². The molecule has 17 heavy (non-hydrogen) atoms. The van der Waals surface area contributed by atoms with E-state index in [1.165, 1.54) is 6.26 Å². The predicted octanol–water partition coefficient (Wildman–Crippen LogP) is 0.306. The number of nitrogens with one attached hydrogen (secondary N) is 2. The molecule has 0 aromatic carbocycles. The van der Waals surface area contributed by atoms with Crippen molar-refractivity contribution in [2.45, 2.75) is 38.8 Å². The molecule has 100 valence electrons. The van der Waals surface area contributed by atoms with Crippen molar-refractivity contribution in [3.8, 4) is 0 Å². The Morgan fingerprint density at radius 1 is 1.35 bits per heavy atom. The molecule has 6 nitrogen and oxygen atoms in total. The molecule has 0 saturated heterocycles. The molecule has 0 aromatic heterocycles. The molecule has 0 spiro atoms. The van der Waals surface area contributed by atoms with E-state index in [-0.39, 0.29) is 12.2 Å². The van der Waals surface area contributed by atoms with Gasteiger partial charge in [-0.3, -0.25) is 4.21 Å². The largest absolute Gasteiger partial charge is 0.480 e. The van der Waals surface area contributed by atoms with Crippen LogP contribution in [-0.4, -0.2) is 44.9 Å². The van der Waals surface area contributed by atoms with E-state index in [1.807, 2.05) is 0 Å². The standard InChI is InChI=1S/C10H20N2O4S/c1-10(2,3)12-9(15)11-7(8(13)14)5-6-17(4)16/h7H,5-6H2,1-4H3,(H,13,14)(H2,11,12,15). The second-order valence-electron chi connectivity index (χ2n) is 4.81. The molecule has 2 amide bonds. The molecule has 3 N–H and O–H groups in total. The molecule has 0 aromatic rings. The van der Waals surface area contributed by atoms with E-state index in [0.29, 0.717) is 0 Å². The van der Waals surface area contributed by atoms with Crippen molar-refractivity contribution in [3.63, 3.8) is 0 Å². The molecule has 0 fully saturated rings. The molecule has 0 radical (unpaired) electrons. The lowest BCUT2D eigenvalue weighted by Crippen LogP contribution is -2.51. The number of carbonyl (C=O) groups is 2. The lowest BCUT2D eigenvalue weighted by atomic mass is 10.1. The van der Waals surface area contributed by atoms with E-state index < -0.39 is 34.4 Å². The highest BCUT2D eigenvalue weighted by Gasteiger charge is 2.22. The Labute approximate surface area is 104 Å². The number of aliphatic carboxylic acids is 1. The van der Waals surface area contributed by atoms with Crippen LogP contribution in [0.15, 0.2) is 0 Å². The lowest BCUT2D eigenvalue weighted by Gasteiger charge is -2.22. The highest BCUT2D eigenvalue weighted by molar-refractivity contribution is 7.84. The molecule has 0 aliphatic heterocycles. The zero-order chi connectivity index (χ0) is 13.6. The first kappa shape index (κ1) is 15.9. The number of carboxylic acid groups (broad SMARTS) is 1. The van der Waals surface area contributed by atoms with Crippen molar-refractivity contribution in [2.24, 2.45) is 0 Å². The second-order valence-corrected chi connectivity index (χ2v) is 6.36. The molecular formula is C10H20N2O4S. The van der Waals surface area contributed by atoms with Gasteiger partial charge in [-0.2, -0.15) is 0 Å². The molecule has 0 heterocycles. The van der Waals surface area contributed by atoms with Crippen LogP contribution in [0.4, 0.5) is 4.79 Å². The highest BCUT2D eigenvalue weighted by atomic mass is 32.2. The molecule has 0 bridgehead atoms. The highest BCUT2D eigenvalue weighted by Crippen LogP contribution is 1.99. The number of carbonyl (C=O) groups excluding carboxylic acids is 1. The van der Waals surface area contributed by atoms with E-state index in [0.717, 1.165) is 0 Å². The van der Waals surface area contributed by atoms with Gasteiger partial charge in [-0.1, -0.05) is 0 Å². The first-order valence-electron chi connectivity index (χ1n) is 5.23. The zero-order valence-electron chi connectivity index (χ0n) is 10.6. The molecule has 0 rings (SSSR count). The van der Waals surface area contributed by atoms with Crippen molar-refractivity contribution in [3.05, 3.63) is 0 Å². The Morgan fingerprint density at radius 2 is 1.88 bits per heavy atom. The summed E-state index contributed by atoms with van der Waals surface area (Å²) in [6, 6.07) is -1.55. The maximum Gasteiger partial charge on any atom is 0.326 e. The van der Waals surface area contributed by atoms with Gasteiger partial charge in [0.1, 0.15) is 6.04 Å². The molecule has 0 aliphatic carbocycles. The van der Waals surface area contributed by atoms with Gasteiger partial charge < -0.3 is 15.7 Å². The average molecular weight is 264 g/mol. The lowest BCUT2D eigenvalue weighted by molar-refractivity contribution is -0.139. The van der Waals surface area contributed by atoms with Crippen LogP contribution in [0.2, 0.25) is 0 Å². The smallest absolute Gasteiger partial charge is 0.326 e. The van der Waals surface area contributed by atoms with Gasteiger partial charge in [0.15, 0.2) is 0 Å². The van der Waals surface area contributed by atoms with Crippen LogP contribution in [0.25, 0.3) is 0 Å². The Bertz CT molecular complexity index is 312. The maximum absolute atomic E-state index is 11.5. The summed E-state index contributed by atoms with van der Waals surface area (Å²) in [6.07, 6.45) is 1.64. The summed E-state index contributed by atoms with van der Waals surface area (Å²) in [5.74, 6) is -0.883. The van der Waals surface area contributed by atoms with Crippen LogP contribution in [0.1, 0.15) is 27.2 Å². The molecule has 0 saturated carbocycles.